The van der Waals surface area contributed by atoms with Gasteiger partial charge in [-0.05, 0) is 48.7 Å². The van der Waals surface area contributed by atoms with Crippen LogP contribution in [0, 0.1) is 0 Å². The molecule has 0 aliphatic rings. The van der Waals surface area contributed by atoms with E-state index < -0.39 is 0 Å². The van der Waals surface area contributed by atoms with Gasteiger partial charge in [-0.1, -0.05) is 24.3 Å². The van der Waals surface area contributed by atoms with Crippen LogP contribution in [0.3, 0.4) is 0 Å². The number of nitrogens with zero attached hydrogens (tertiary/aromatic N) is 1. The summed E-state index contributed by atoms with van der Waals surface area (Å²) in [6.45, 7) is 3.97. The summed E-state index contributed by atoms with van der Waals surface area (Å²) in [5.74, 6) is 0.323. The number of hydrazone groups is 1. The number of nitrogens with one attached hydrogen (secondary N) is 2. The second kappa shape index (κ2) is 8.81. The molecule has 3 aromatic rings. The number of carbonyl (C=O) groups excluding carboxylic acids is 2. The van der Waals surface area contributed by atoms with Crippen LogP contribution in [0.5, 0.6) is 5.75 Å². The van der Waals surface area contributed by atoms with E-state index in [0.717, 1.165) is 22.1 Å². The Morgan fingerprint density at radius 1 is 1.00 bits per heavy atom. The Bertz CT molecular complexity index is 1030. The van der Waals surface area contributed by atoms with Gasteiger partial charge < -0.3 is 10.1 Å². The van der Waals surface area contributed by atoms with Crippen molar-refractivity contribution in [3.05, 3.63) is 71.8 Å². The number of rotatable bonds is 6. The molecule has 0 saturated carbocycles. The van der Waals surface area contributed by atoms with Crippen LogP contribution in [0.1, 0.15) is 29.8 Å². The Morgan fingerprint density at radius 2 is 1.71 bits per heavy atom. The normalized spacial score (nSPS) is 10.8. The largest absolute Gasteiger partial charge is 0.493 e. The van der Waals surface area contributed by atoms with Crippen LogP contribution in [0.2, 0.25) is 0 Å². The van der Waals surface area contributed by atoms with Gasteiger partial charge in [-0.25, -0.2) is 5.43 Å². The summed E-state index contributed by atoms with van der Waals surface area (Å²) < 4.78 is 5.67. The van der Waals surface area contributed by atoms with Crippen molar-refractivity contribution in [2.45, 2.75) is 13.8 Å². The van der Waals surface area contributed by atoms with E-state index in [4.69, 9.17) is 4.74 Å². The molecule has 0 radical (unpaired) electrons. The Labute approximate surface area is 163 Å². The number of ether oxygens (including phenoxy) is 1. The lowest BCUT2D eigenvalue weighted by atomic mass is 10.0. The molecule has 3 aromatic carbocycles. The van der Waals surface area contributed by atoms with Crippen molar-refractivity contribution < 1.29 is 14.3 Å². The van der Waals surface area contributed by atoms with Gasteiger partial charge in [0.05, 0.1) is 12.8 Å². The van der Waals surface area contributed by atoms with Crippen molar-refractivity contribution in [2.24, 2.45) is 5.10 Å². The van der Waals surface area contributed by atoms with Crippen LogP contribution >= 0.6 is 0 Å². The van der Waals surface area contributed by atoms with Gasteiger partial charge in [0.2, 0.25) is 5.91 Å². The third-order valence-corrected chi connectivity index (χ3v) is 4.05. The molecular formula is C22H21N3O3. The fourth-order valence-electron chi connectivity index (χ4n) is 2.82. The average Bonchev–Trinajstić information content (AvgIpc) is 2.69. The van der Waals surface area contributed by atoms with Crippen LogP contribution in [0.15, 0.2) is 65.8 Å². The molecule has 0 aliphatic heterocycles. The van der Waals surface area contributed by atoms with Crippen molar-refractivity contribution in [1.82, 2.24) is 5.43 Å². The Kier molecular flexibility index (Phi) is 6.01. The third kappa shape index (κ3) is 4.54. The van der Waals surface area contributed by atoms with Gasteiger partial charge in [0.15, 0.2) is 0 Å². The number of carbonyl (C=O) groups is 2. The van der Waals surface area contributed by atoms with E-state index in [9.17, 15) is 9.59 Å². The van der Waals surface area contributed by atoms with E-state index >= 15 is 0 Å². The highest BCUT2D eigenvalue weighted by Crippen LogP contribution is 2.27. The van der Waals surface area contributed by atoms with E-state index in [0.29, 0.717) is 17.9 Å². The lowest BCUT2D eigenvalue weighted by Gasteiger charge is -2.09. The fourth-order valence-corrected chi connectivity index (χ4v) is 2.82. The first-order valence-corrected chi connectivity index (χ1v) is 8.94. The molecule has 0 heterocycles. The predicted octanol–water partition coefficient (Wildman–Crippen LogP) is 3.96. The molecule has 2 amide bonds. The first kappa shape index (κ1) is 19.1. The van der Waals surface area contributed by atoms with E-state index in [1.165, 1.54) is 6.92 Å². The number of hydrogen-bond donors (Lipinski definition) is 2. The zero-order valence-corrected chi connectivity index (χ0v) is 15.7. The molecule has 28 heavy (non-hydrogen) atoms. The van der Waals surface area contributed by atoms with Gasteiger partial charge in [-0.15, -0.1) is 0 Å². The van der Waals surface area contributed by atoms with Gasteiger partial charge in [0.25, 0.3) is 5.91 Å². The number of fused-ring (bicyclic) bond motifs is 1. The van der Waals surface area contributed by atoms with E-state index in [2.05, 4.69) is 15.8 Å². The molecule has 0 saturated heterocycles. The van der Waals surface area contributed by atoms with Crippen molar-refractivity contribution in [3.63, 3.8) is 0 Å². The van der Waals surface area contributed by atoms with Crippen LogP contribution in [-0.2, 0) is 4.79 Å². The highest BCUT2D eigenvalue weighted by atomic mass is 16.5. The molecule has 3 rings (SSSR count). The summed E-state index contributed by atoms with van der Waals surface area (Å²) in [5, 5.41) is 8.72. The highest BCUT2D eigenvalue weighted by molar-refractivity contribution is 6.03. The smallest absolute Gasteiger partial charge is 0.271 e. The summed E-state index contributed by atoms with van der Waals surface area (Å²) in [5.41, 5.74) is 4.48. The number of benzene rings is 3. The molecule has 6 nitrogen and oxygen atoms in total. The molecule has 0 unspecified atom stereocenters. The summed E-state index contributed by atoms with van der Waals surface area (Å²) in [6.07, 6.45) is 1.61. The monoisotopic (exact) mass is 375 g/mol. The van der Waals surface area contributed by atoms with E-state index in [1.54, 1.807) is 30.5 Å². The molecule has 0 aromatic heterocycles. The Balaban J connectivity index is 1.73. The molecule has 0 atom stereocenters. The van der Waals surface area contributed by atoms with Gasteiger partial charge in [-0.2, -0.15) is 5.10 Å². The van der Waals surface area contributed by atoms with E-state index in [-0.39, 0.29) is 11.8 Å². The molecule has 0 spiro atoms. The molecule has 2 N–H and O–H groups in total. The van der Waals surface area contributed by atoms with Crippen molar-refractivity contribution in [3.8, 4) is 5.75 Å². The summed E-state index contributed by atoms with van der Waals surface area (Å²) in [7, 11) is 0. The average molecular weight is 375 g/mol. The Morgan fingerprint density at radius 3 is 2.39 bits per heavy atom. The molecule has 6 heteroatoms. The SMILES string of the molecule is CCOc1ccc(/C=N\NC(=O)c2ccc(NC(C)=O)cc2)c2ccccc12. The Hall–Kier alpha value is -3.67. The topological polar surface area (TPSA) is 79.8 Å². The van der Waals surface area contributed by atoms with Crippen molar-refractivity contribution >= 4 is 34.5 Å². The molecule has 0 bridgehead atoms. The lowest BCUT2D eigenvalue weighted by Crippen LogP contribution is -2.17. The zero-order chi connectivity index (χ0) is 19.9. The standard InChI is InChI=1S/C22H21N3O3/c1-3-28-21-13-10-17(19-6-4-5-7-20(19)21)14-23-25-22(27)16-8-11-18(12-9-16)24-15(2)26/h4-14H,3H2,1-2H3,(H,24,26)(H,25,27)/b23-14-. The summed E-state index contributed by atoms with van der Waals surface area (Å²) in [6, 6.07) is 18.3. The minimum atomic E-state index is -0.333. The number of anilines is 1. The third-order valence-electron chi connectivity index (χ3n) is 4.05. The first-order chi connectivity index (χ1) is 13.6. The van der Waals surface area contributed by atoms with Crippen molar-refractivity contribution in [2.75, 3.05) is 11.9 Å². The van der Waals surface area contributed by atoms with Crippen LogP contribution in [0.25, 0.3) is 10.8 Å². The molecule has 0 fully saturated rings. The second-order valence-corrected chi connectivity index (χ2v) is 6.09. The first-order valence-electron chi connectivity index (χ1n) is 8.94. The lowest BCUT2D eigenvalue weighted by molar-refractivity contribution is -0.114. The maximum absolute atomic E-state index is 12.2. The maximum atomic E-state index is 12.2. The molecule has 142 valence electrons. The minimum Gasteiger partial charge on any atom is -0.493 e. The van der Waals surface area contributed by atoms with Gasteiger partial charge in [-0.3, -0.25) is 9.59 Å². The predicted molar refractivity (Wildman–Crippen MR) is 111 cm³/mol. The second-order valence-electron chi connectivity index (χ2n) is 6.09. The van der Waals surface area contributed by atoms with Gasteiger partial charge in [0, 0.05) is 29.1 Å². The van der Waals surface area contributed by atoms with Crippen LogP contribution in [-0.4, -0.2) is 24.6 Å². The van der Waals surface area contributed by atoms with Crippen LogP contribution in [0.4, 0.5) is 5.69 Å². The molecular weight excluding hydrogens is 354 g/mol. The summed E-state index contributed by atoms with van der Waals surface area (Å²) in [4.78, 5) is 23.3. The molecule has 0 aliphatic carbocycles. The van der Waals surface area contributed by atoms with Crippen LogP contribution < -0.4 is 15.5 Å². The highest BCUT2D eigenvalue weighted by Gasteiger charge is 2.07. The quantitative estimate of drug-likeness (QED) is 0.505. The van der Waals surface area contributed by atoms with Gasteiger partial charge in [0.1, 0.15) is 5.75 Å². The fraction of sp³-hybridized carbons (Fsp3) is 0.136. The number of hydrogen-bond acceptors (Lipinski definition) is 4. The zero-order valence-electron chi connectivity index (χ0n) is 15.7. The summed E-state index contributed by atoms with van der Waals surface area (Å²) >= 11 is 0. The number of amides is 2. The minimum absolute atomic E-state index is 0.163. The van der Waals surface area contributed by atoms with Gasteiger partial charge >= 0.3 is 0 Å². The van der Waals surface area contributed by atoms with Crippen molar-refractivity contribution in [1.29, 1.82) is 0 Å². The maximum Gasteiger partial charge on any atom is 0.271 e. The van der Waals surface area contributed by atoms with E-state index in [1.807, 2.05) is 43.3 Å².